The van der Waals surface area contributed by atoms with Gasteiger partial charge in [-0.2, -0.15) is 4.72 Å². The van der Waals surface area contributed by atoms with E-state index in [-0.39, 0.29) is 16.7 Å². The van der Waals surface area contributed by atoms with Gasteiger partial charge >= 0.3 is 0 Å². The number of hydrogen-bond donors (Lipinski definition) is 2. The molecule has 0 atom stereocenters. The van der Waals surface area contributed by atoms with Gasteiger partial charge in [0.2, 0.25) is 5.91 Å². The normalized spacial score (nSPS) is 10.7. The summed E-state index contributed by atoms with van der Waals surface area (Å²) < 4.78 is 26.7. The molecule has 0 spiro atoms. The van der Waals surface area contributed by atoms with Crippen LogP contribution in [0.4, 0.5) is 5.69 Å². The van der Waals surface area contributed by atoms with Crippen LogP contribution in [0, 0.1) is 18.8 Å². The van der Waals surface area contributed by atoms with Crippen LogP contribution in [0.1, 0.15) is 17.4 Å². The topological polar surface area (TPSA) is 75.3 Å². The number of carbonyl (C=O) groups is 1. The van der Waals surface area contributed by atoms with Crippen LogP contribution in [-0.2, 0) is 14.8 Å². The van der Waals surface area contributed by atoms with Crippen molar-refractivity contribution in [1.29, 1.82) is 0 Å². The molecule has 1 heterocycles. The van der Waals surface area contributed by atoms with Crippen molar-refractivity contribution in [3.8, 4) is 11.8 Å². The smallest absolute Gasteiger partial charge is 0.250 e. The first-order valence-electron chi connectivity index (χ1n) is 6.79. The van der Waals surface area contributed by atoms with Gasteiger partial charge in [-0.1, -0.05) is 11.8 Å². The average molecular weight is 348 g/mol. The zero-order valence-corrected chi connectivity index (χ0v) is 14.3. The molecule has 5 nitrogen and oxygen atoms in total. The first kappa shape index (κ1) is 17.2. The molecule has 23 heavy (non-hydrogen) atoms. The molecule has 0 fully saturated rings. The molecule has 7 heteroatoms. The molecule has 2 rings (SSSR count). The van der Waals surface area contributed by atoms with Crippen LogP contribution in [0.15, 0.2) is 40.6 Å². The van der Waals surface area contributed by atoms with Crippen molar-refractivity contribution in [2.45, 2.75) is 18.1 Å². The number of nitrogens with one attached hydrogen (secondary N) is 2. The molecule has 0 radical (unpaired) electrons. The van der Waals surface area contributed by atoms with Crippen LogP contribution in [0.2, 0.25) is 0 Å². The third kappa shape index (κ3) is 5.21. The van der Waals surface area contributed by atoms with E-state index in [1.165, 1.54) is 18.3 Å². The number of anilines is 1. The first-order valence-corrected chi connectivity index (χ1v) is 9.09. The van der Waals surface area contributed by atoms with Crippen molar-refractivity contribution in [2.24, 2.45) is 0 Å². The molecule has 0 unspecified atom stereocenters. The Morgan fingerprint density at radius 3 is 2.43 bits per heavy atom. The largest absolute Gasteiger partial charge is 0.326 e. The van der Waals surface area contributed by atoms with Gasteiger partial charge in [0.15, 0.2) is 0 Å². The van der Waals surface area contributed by atoms with Gasteiger partial charge in [-0.3, -0.25) is 4.79 Å². The first-order chi connectivity index (χ1) is 10.9. The molecule has 1 aromatic carbocycles. The molecule has 0 aliphatic rings. The molecule has 2 aromatic rings. The summed E-state index contributed by atoms with van der Waals surface area (Å²) in [6.07, 6.45) is 0. The van der Waals surface area contributed by atoms with Crippen LogP contribution >= 0.6 is 11.3 Å². The SMILES string of the molecule is CC(=O)Nc1ccc(C#CCNS(=O)(=O)c2ccc(C)s2)cc1. The minimum Gasteiger partial charge on any atom is -0.326 e. The summed E-state index contributed by atoms with van der Waals surface area (Å²) in [7, 11) is -3.50. The van der Waals surface area contributed by atoms with Gasteiger partial charge in [-0.25, -0.2) is 8.42 Å². The van der Waals surface area contributed by atoms with E-state index in [2.05, 4.69) is 21.9 Å². The van der Waals surface area contributed by atoms with Gasteiger partial charge in [0.05, 0.1) is 6.54 Å². The summed E-state index contributed by atoms with van der Waals surface area (Å²) >= 11 is 1.22. The van der Waals surface area contributed by atoms with Crippen LogP contribution in [0.3, 0.4) is 0 Å². The highest BCUT2D eigenvalue weighted by Crippen LogP contribution is 2.19. The number of aryl methyl sites for hydroxylation is 1. The van der Waals surface area contributed by atoms with Crippen LogP contribution in [0.25, 0.3) is 0 Å². The van der Waals surface area contributed by atoms with Gasteiger partial charge < -0.3 is 5.32 Å². The van der Waals surface area contributed by atoms with Crippen molar-refractivity contribution in [3.63, 3.8) is 0 Å². The van der Waals surface area contributed by atoms with E-state index in [1.807, 2.05) is 6.92 Å². The Bertz CT molecular complexity index is 857. The highest BCUT2D eigenvalue weighted by molar-refractivity contribution is 7.91. The van der Waals surface area contributed by atoms with E-state index >= 15 is 0 Å². The Morgan fingerprint density at radius 1 is 1.17 bits per heavy atom. The predicted octanol–water partition coefficient (Wildman–Crippen LogP) is 2.34. The van der Waals surface area contributed by atoms with Gasteiger partial charge in [-0.05, 0) is 43.3 Å². The van der Waals surface area contributed by atoms with Crippen molar-refractivity contribution in [1.82, 2.24) is 4.72 Å². The Morgan fingerprint density at radius 2 is 1.87 bits per heavy atom. The van der Waals surface area contributed by atoms with Gasteiger partial charge in [0.25, 0.3) is 10.0 Å². The quantitative estimate of drug-likeness (QED) is 0.833. The van der Waals surface area contributed by atoms with Gasteiger partial charge in [-0.15, -0.1) is 11.3 Å². The van der Waals surface area contributed by atoms with Gasteiger partial charge in [0, 0.05) is 23.1 Å². The maximum Gasteiger partial charge on any atom is 0.250 e. The lowest BCUT2D eigenvalue weighted by molar-refractivity contribution is -0.114. The zero-order valence-electron chi connectivity index (χ0n) is 12.7. The summed E-state index contributed by atoms with van der Waals surface area (Å²) in [6.45, 7) is 3.33. The molecule has 0 aliphatic carbocycles. The van der Waals surface area contributed by atoms with Crippen molar-refractivity contribution in [3.05, 3.63) is 46.8 Å². The summed E-state index contributed by atoms with van der Waals surface area (Å²) in [6, 6.07) is 10.3. The molecule has 0 saturated carbocycles. The van der Waals surface area contributed by atoms with E-state index in [0.717, 1.165) is 10.4 Å². The van der Waals surface area contributed by atoms with E-state index in [0.29, 0.717) is 5.69 Å². The molecule has 2 N–H and O–H groups in total. The Labute approximate surface area is 139 Å². The third-order valence-corrected chi connectivity index (χ3v) is 5.66. The summed E-state index contributed by atoms with van der Waals surface area (Å²) in [5, 5.41) is 2.66. The zero-order chi connectivity index (χ0) is 16.9. The number of amides is 1. The molecule has 0 saturated heterocycles. The molecule has 0 bridgehead atoms. The number of carbonyl (C=O) groups excluding carboxylic acids is 1. The predicted molar refractivity (Wildman–Crippen MR) is 91.9 cm³/mol. The summed E-state index contributed by atoms with van der Waals surface area (Å²) in [5.41, 5.74) is 1.43. The maximum atomic E-state index is 12.0. The van der Waals surface area contributed by atoms with Crippen molar-refractivity contribution in [2.75, 3.05) is 11.9 Å². The second-order valence-corrected chi connectivity index (χ2v) is 8.03. The Kier molecular flexibility index (Phi) is 5.55. The molecular weight excluding hydrogens is 332 g/mol. The summed E-state index contributed by atoms with van der Waals surface area (Å²) in [4.78, 5) is 11.9. The Balaban J connectivity index is 1.94. The standard InChI is InChI=1S/C16H16N2O3S2/c1-12-5-10-16(22-12)23(20,21)17-11-3-4-14-6-8-15(9-7-14)18-13(2)19/h5-10,17H,11H2,1-2H3,(H,18,19). The lowest BCUT2D eigenvalue weighted by Gasteiger charge is -2.01. The number of benzene rings is 1. The molecular formula is C16H16N2O3S2. The van der Waals surface area contributed by atoms with Crippen LogP contribution in [0.5, 0.6) is 0 Å². The number of sulfonamides is 1. The minimum absolute atomic E-state index is 0.0345. The number of rotatable bonds is 4. The van der Waals surface area contributed by atoms with E-state index in [4.69, 9.17) is 0 Å². The average Bonchev–Trinajstić information content (AvgIpc) is 2.92. The van der Waals surface area contributed by atoms with Crippen LogP contribution in [-0.4, -0.2) is 20.9 Å². The number of thiophene rings is 1. The summed E-state index contributed by atoms with van der Waals surface area (Å²) in [5.74, 6) is 5.50. The lowest BCUT2D eigenvalue weighted by Crippen LogP contribution is -2.23. The fraction of sp³-hybridized carbons (Fsp3) is 0.188. The van der Waals surface area contributed by atoms with Crippen molar-refractivity contribution < 1.29 is 13.2 Å². The Hall–Kier alpha value is -2.14. The second-order valence-electron chi connectivity index (χ2n) is 4.75. The van der Waals surface area contributed by atoms with E-state index < -0.39 is 10.0 Å². The van der Waals surface area contributed by atoms with Crippen LogP contribution < -0.4 is 10.0 Å². The third-order valence-electron chi connectivity index (χ3n) is 2.77. The van der Waals surface area contributed by atoms with E-state index in [9.17, 15) is 13.2 Å². The second kappa shape index (κ2) is 7.42. The fourth-order valence-electron chi connectivity index (χ4n) is 1.75. The highest BCUT2D eigenvalue weighted by Gasteiger charge is 2.14. The van der Waals surface area contributed by atoms with E-state index in [1.54, 1.807) is 36.4 Å². The monoisotopic (exact) mass is 348 g/mol. The highest BCUT2D eigenvalue weighted by atomic mass is 32.2. The lowest BCUT2D eigenvalue weighted by atomic mass is 10.2. The minimum atomic E-state index is -3.50. The molecule has 1 aromatic heterocycles. The molecule has 0 aliphatic heterocycles. The maximum absolute atomic E-state index is 12.0. The van der Waals surface area contributed by atoms with Crippen molar-refractivity contribution >= 4 is 33.0 Å². The van der Waals surface area contributed by atoms with Gasteiger partial charge in [0.1, 0.15) is 4.21 Å². The molecule has 120 valence electrons. The fourth-order valence-corrected chi connectivity index (χ4v) is 4.00. The number of hydrogen-bond acceptors (Lipinski definition) is 4. The molecule has 1 amide bonds.